The van der Waals surface area contributed by atoms with Gasteiger partial charge >= 0.3 is 11.9 Å². The summed E-state index contributed by atoms with van der Waals surface area (Å²) in [6, 6.07) is 16.8. The van der Waals surface area contributed by atoms with E-state index < -0.39 is 24.1 Å². The third-order valence-corrected chi connectivity index (χ3v) is 7.91. The van der Waals surface area contributed by atoms with Crippen LogP contribution in [0, 0.1) is 31.3 Å². The summed E-state index contributed by atoms with van der Waals surface area (Å²) in [7, 11) is 0. The zero-order valence-corrected chi connectivity index (χ0v) is 29.5. The molecule has 0 amide bonds. The van der Waals surface area contributed by atoms with Gasteiger partial charge in [-0.3, -0.25) is 0 Å². The van der Waals surface area contributed by atoms with Crippen LogP contribution < -0.4 is 9.47 Å². The Hall–Kier alpha value is -3.67. The lowest BCUT2D eigenvalue weighted by Crippen LogP contribution is -2.25. The average Bonchev–Trinajstić information content (AvgIpc) is 2.98. The minimum atomic E-state index is -0.986. The smallest absolute Gasteiger partial charge is 0.333 e. The zero-order valence-electron chi connectivity index (χ0n) is 27.3. The highest BCUT2D eigenvalue weighted by Gasteiger charge is 2.22. The predicted octanol–water partition coefficient (Wildman–Crippen LogP) is 6.42. The number of esters is 2. The number of aliphatic hydroxyl groups is 2. The van der Waals surface area contributed by atoms with Crippen LogP contribution >= 0.6 is 22.6 Å². The molecular weight excluding hydrogens is 699 g/mol. The van der Waals surface area contributed by atoms with Crippen LogP contribution in [0.1, 0.15) is 58.7 Å². The van der Waals surface area contributed by atoms with E-state index in [1.165, 1.54) is 0 Å². The highest BCUT2D eigenvalue weighted by Crippen LogP contribution is 2.39. The molecule has 0 aromatic heterocycles. The maximum absolute atomic E-state index is 11.7. The van der Waals surface area contributed by atoms with Gasteiger partial charge in [-0.25, -0.2) is 9.59 Å². The number of benzene rings is 3. The molecule has 0 spiro atoms. The molecule has 2 atom stereocenters. The van der Waals surface area contributed by atoms with Crippen LogP contribution in [0.5, 0.6) is 11.5 Å². The number of carbonyl (C=O) groups excluding carboxylic acids is 2. The van der Waals surface area contributed by atoms with Crippen molar-refractivity contribution in [3.05, 3.63) is 115 Å². The Kier molecular flexibility index (Phi) is 13.4. The van der Waals surface area contributed by atoms with E-state index in [2.05, 4.69) is 84.3 Å². The van der Waals surface area contributed by atoms with Crippen LogP contribution in [-0.2, 0) is 19.1 Å². The van der Waals surface area contributed by atoms with E-state index >= 15 is 0 Å². The van der Waals surface area contributed by atoms with E-state index in [9.17, 15) is 19.8 Å². The lowest BCUT2D eigenvalue weighted by molar-refractivity contribution is -0.143. The quantitative estimate of drug-likeness (QED) is 0.0795. The van der Waals surface area contributed by atoms with Gasteiger partial charge in [0.05, 0.1) is 0 Å². The van der Waals surface area contributed by atoms with E-state index in [-0.39, 0.29) is 43.5 Å². The van der Waals surface area contributed by atoms with E-state index in [0.717, 1.165) is 42.5 Å². The highest BCUT2D eigenvalue weighted by atomic mass is 127. The molecule has 246 valence electrons. The molecule has 3 aromatic carbocycles. The molecule has 0 bridgehead atoms. The summed E-state index contributed by atoms with van der Waals surface area (Å²) in [6.07, 6.45) is -1.97. The van der Waals surface area contributed by atoms with E-state index in [1.807, 2.05) is 27.7 Å². The summed E-state index contributed by atoms with van der Waals surface area (Å²) < 4.78 is 23.2. The van der Waals surface area contributed by atoms with Gasteiger partial charge in [-0.15, -0.1) is 0 Å². The fraction of sp³-hybridized carbons (Fsp3) is 0.351. The van der Waals surface area contributed by atoms with Crippen LogP contribution in [0.15, 0.2) is 72.8 Å². The first-order chi connectivity index (χ1) is 21.7. The number of aryl methyl sites for hydroxylation is 4. The Morgan fingerprint density at radius 2 is 1.00 bits per heavy atom. The third kappa shape index (κ3) is 10.2. The molecule has 3 rings (SSSR count). The van der Waals surface area contributed by atoms with Gasteiger partial charge in [-0.1, -0.05) is 49.6 Å². The Labute approximate surface area is 285 Å². The molecule has 0 radical (unpaired) electrons. The minimum absolute atomic E-state index is 0.0318. The van der Waals surface area contributed by atoms with Crippen molar-refractivity contribution < 1.29 is 38.7 Å². The monoisotopic (exact) mass is 742 g/mol. The first-order valence-corrected chi connectivity index (χ1v) is 16.0. The Bertz CT molecular complexity index is 1440. The molecule has 2 unspecified atom stereocenters. The molecule has 0 saturated carbocycles. The number of carbonyl (C=O) groups is 2. The first kappa shape index (κ1) is 36.8. The molecule has 3 aromatic rings. The summed E-state index contributed by atoms with van der Waals surface area (Å²) in [5, 5.41) is 20.6. The van der Waals surface area contributed by atoms with Gasteiger partial charge < -0.3 is 29.2 Å². The molecule has 46 heavy (non-hydrogen) atoms. The van der Waals surface area contributed by atoms with Gasteiger partial charge in [0.2, 0.25) is 0 Å². The summed E-state index contributed by atoms with van der Waals surface area (Å²) >= 11 is 2.30. The van der Waals surface area contributed by atoms with Gasteiger partial charge in [0.25, 0.3) is 0 Å². The fourth-order valence-electron chi connectivity index (χ4n) is 5.03. The normalized spacial score (nSPS) is 12.9. The van der Waals surface area contributed by atoms with Gasteiger partial charge in [0, 0.05) is 20.6 Å². The number of rotatable bonds is 15. The SMILES string of the molecule is C=C(C)C(=O)OCC(O)COc1c(C)cc(C(c2ccc(I)cc2)c2cc(C)c(OCC(O)COC(=O)C(=C)C)c(C)c2)cc1C. The second-order valence-corrected chi connectivity index (χ2v) is 12.9. The molecular formula is C37H43IO8. The maximum atomic E-state index is 11.7. The fourth-order valence-corrected chi connectivity index (χ4v) is 5.39. The summed E-state index contributed by atoms with van der Waals surface area (Å²) in [6.45, 7) is 17.6. The molecule has 8 nitrogen and oxygen atoms in total. The molecule has 0 saturated heterocycles. The van der Waals surface area contributed by atoms with Crippen molar-refractivity contribution in [3.8, 4) is 11.5 Å². The first-order valence-electron chi connectivity index (χ1n) is 14.9. The summed E-state index contributed by atoms with van der Waals surface area (Å²) in [5.41, 5.74) is 7.43. The summed E-state index contributed by atoms with van der Waals surface area (Å²) in [4.78, 5) is 23.3. The van der Waals surface area contributed by atoms with Crippen molar-refractivity contribution in [2.24, 2.45) is 0 Å². The second kappa shape index (κ2) is 16.8. The molecule has 0 aliphatic heterocycles. The minimum Gasteiger partial charge on any atom is -0.490 e. The largest absolute Gasteiger partial charge is 0.490 e. The predicted molar refractivity (Wildman–Crippen MR) is 186 cm³/mol. The molecule has 2 N–H and O–H groups in total. The van der Waals surface area contributed by atoms with Gasteiger partial charge in [-0.05, 0) is 115 Å². The molecule has 0 aliphatic rings. The molecule has 0 aliphatic carbocycles. The number of ether oxygens (including phenoxy) is 4. The van der Waals surface area contributed by atoms with Crippen molar-refractivity contribution in [2.45, 2.75) is 59.7 Å². The molecule has 0 fully saturated rings. The molecule has 0 heterocycles. The third-order valence-electron chi connectivity index (χ3n) is 7.19. The van der Waals surface area contributed by atoms with Crippen molar-refractivity contribution in [2.75, 3.05) is 26.4 Å². The topological polar surface area (TPSA) is 112 Å². The van der Waals surface area contributed by atoms with Crippen LogP contribution in [-0.4, -0.2) is 60.8 Å². The Morgan fingerprint density at radius 3 is 1.33 bits per heavy atom. The number of aliphatic hydroxyl groups excluding tert-OH is 2. The number of hydrogen-bond acceptors (Lipinski definition) is 8. The van der Waals surface area contributed by atoms with Crippen LogP contribution in [0.4, 0.5) is 0 Å². The average molecular weight is 743 g/mol. The van der Waals surface area contributed by atoms with Crippen molar-refractivity contribution in [3.63, 3.8) is 0 Å². The van der Waals surface area contributed by atoms with E-state index in [1.54, 1.807) is 13.8 Å². The van der Waals surface area contributed by atoms with E-state index in [0.29, 0.717) is 11.5 Å². The van der Waals surface area contributed by atoms with Gasteiger partial charge in [0.1, 0.15) is 50.1 Å². The van der Waals surface area contributed by atoms with Gasteiger partial charge in [0.15, 0.2) is 0 Å². The highest BCUT2D eigenvalue weighted by molar-refractivity contribution is 14.1. The van der Waals surface area contributed by atoms with Crippen LogP contribution in [0.3, 0.4) is 0 Å². The van der Waals surface area contributed by atoms with Crippen molar-refractivity contribution in [1.82, 2.24) is 0 Å². The maximum Gasteiger partial charge on any atom is 0.333 e. The Balaban J connectivity index is 1.87. The summed E-state index contributed by atoms with van der Waals surface area (Å²) in [5.74, 6) is 0.121. The lowest BCUT2D eigenvalue weighted by atomic mass is 9.82. The van der Waals surface area contributed by atoms with Gasteiger partial charge in [-0.2, -0.15) is 0 Å². The lowest BCUT2D eigenvalue weighted by Gasteiger charge is -2.24. The standard InChI is InChI=1S/C37H43IO8/c1-21(2)36(41)45-19-31(39)17-43-34-23(5)13-28(14-24(34)6)33(27-9-11-30(38)12-10-27)29-15-25(7)35(26(8)16-29)44-18-32(40)20-46-37(42)22(3)4/h9-16,31-33,39-40H,1,3,17-20H2,2,4-8H3. The van der Waals surface area contributed by atoms with Crippen LogP contribution in [0.25, 0.3) is 0 Å². The zero-order chi connectivity index (χ0) is 34.1. The number of halogens is 1. The van der Waals surface area contributed by atoms with Crippen LogP contribution in [0.2, 0.25) is 0 Å². The van der Waals surface area contributed by atoms with E-state index in [4.69, 9.17) is 18.9 Å². The number of hydrogen-bond donors (Lipinski definition) is 2. The second-order valence-electron chi connectivity index (χ2n) is 11.6. The Morgan fingerprint density at radius 1 is 0.652 bits per heavy atom. The van der Waals surface area contributed by atoms with Crippen molar-refractivity contribution in [1.29, 1.82) is 0 Å². The molecule has 9 heteroatoms. The van der Waals surface area contributed by atoms with Crippen molar-refractivity contribution >= 4 is 34.5 Å².